The molecule has 2 atom stereocenters. The van der Waals surface area contributed by atoms with Gasteiger partial charge in [0.2, 0.25) is 0 Å². The predicted molar refractivity (Wildman–Crippen MR) is 94.2 cm³/mol. The Kier molecular flexibility index (Phi) is 5.79. The molecule has 0 aliphatic rings. The summed E-state index contributed by atoms with van der Waals surface area (Å²) in [5.41, 5.74) is 0.0670. The molecule has 1 heterocycles. The number of ether oxygens (including phenoxy) is 1. The molecule has 0 amide bonds. The first-order valence-corrected chi connectivity index (χ1v) is 8.84. The third-order valence-corrected chi connectivity index (χ3v) is 4.71. The minimum atomic E-state index is -1.05. The molecule has 2 N–H and O–H groups in total. The van der Waals surface area contributed by atoms with E-state index in [1.54, 1.807) is 25.8 Å². The molecule has 2 unspecified atom stereocenters. The molecule has 1 aromatic carbocycles. The number of hydrogen-bond acceptors (Lipinski definition) is 5. The van der Waals surface area contributed by atoms with Crippen LogP contribution in [-0.4, -0.2) is 25.0 Å². The van der Waals surface area contributed by atoms with Crippen molar-refractivity contribution < 1.29 is 14.3 Å². The van der Waals surface area contributed by atoms with Gasteiger partial charge in [-0.3, -0.25) is 0 Å². The van der Waals surface area contributed by atoms with Crippen molar-refractivity contribution in [2.24, 2.45) is 0 Å². The van der Waals surface area contributed by atoms with Crippen molar-refractivity contribution in [2.45, 2.75) is 37.3 Å². The highest BCUT2D eigenvalue weighted by atomic mass is 32.2. The number of hydrogen-bond donors (Lipinski definition) is 2. The molecule has 4 nitrogen and oxygen atoms in total. The van der Waals surface area contributed by atoms with Crippen LogP contribution in [0.2, 0.25) is 0 Å². The number of benzene rings is 1. The molecule has 0 fully saturated rings. The van der Waals surface area contributed by atoms with Crippen molar-refractivity contribution in [1.29, 1.82) is 0 Å². The summed E-state index contributed by atoms with van der Waals surface area (Å²) in [4.78, 5) is 1.11. The zero-order valence-corrected chi connectivity index (χ0v) is 15.2. The number of thioether (sulfide) groups is 1. The Balaban J connectivity index is 2.05. The summed E-state index contributed by atoms with van der Waals surface area (Å²) in [5, 5.41) is 14.0. The van der Waals surface area contributed by atoms with E-state index in [1.807, 2.05) is 31.4 Å². The molecule has 0 saturated carbocycles. The van der Waals surface area contributed by atoms with Gasteiger partial charge < -0.3 is 19.6 Å². The molecule has 0 aliphatic carbocycles. The van der Waals surface area contributed by atoms with Crippen molar-refractivity contribution in [3.63, 3.8) is 0 Å². The summed E-state index contributed by atoms with van der Waals surface area (Å²) in [5.74, 6) is 2.24. The standard InChI is InChI=1S/C18H25NO3S/c1-12-6-9-17(22-12)18(3,20)11-19-13(2)14-7-8-16(23-5)15(10-14)21-4/h6-10,13,19-20H,11H2,1-5H3. The number of furan rings is 1. The van der Waals surface area contributed by atoms with Crippen LogP contribution in [0.4, 0.5) is 0 Å². The van der Waals surface area contributed by atoms with Crippen molar-refractivity contribution in [3.05, 3.63) is 47.4 Å². The van der Waals surface area contributed by atoms with E-state index in [-0.39, 0.29) is 6.04 Å². The average molecular weight is 335 g/mol. The second-order valence-electron chi connectivity index (χ2n) is 5.90. The molecule has 0 bridgehead atoms. The molecule has 0 radical (unpaired) electrons. The highest BCUT2D eigenvalue weighted by Gasteiger charge is 2.27. The summed E-state index contributed by atoms with van der Waals surface area (Å²) in [6.45, 7) is 6.09. The molecule has 1 aromatic heterocycles. The van der Waals surface area contributed by atoms with Gasteiger partial charge in [0.05, 0.1) is 7.11 Å². The van der Waals surface area contributed by atoms with Crippen LogP contribution in [0.15, 0.2) is 39.6 Å². The highest BCUT2D eigenvalue weighted by Crippen LogP contribution is 2.30. The molecule has 0 saturated heterocycles. The Labute approximate surface area is 142 Å². The number of nitrogens with one attached hydrogen (secondary N) is 1. The first kappa shape index (κ1) is 17.9. The summed E-state index contributed by atoms with van der Waals surface area (Å²) >= 11 is 1.66. The van der Waals surface area contributed by atoms with E-state index in [0.29, 0.717) is 12.3 Å². The lowest BCUT2D eigenvalue weighted by atomic mass is 10.0. The Morgan fingerprint density at radius 2 is 2.09 bits per heavy atom. The summed E-state index contributed by atoms with van der Waals surface area (Å²) in [7, 11) is 1.68. The van der Waals surface area contributed by atoms with Gasteiger partial charge in [0.1, 0.15) is 22.9 Å². The summed E-state index contributed by atoms with van der Waals surface area (Å²) < 4.78 is 11.0. The third-order valence-electron chi connectivity index (χ3n) is 3.93. The van der Waals surface area contributed by atoms with Gasteiger partial charge >= 0.3 is 0 Å². The molecule has 126 valence electrons. The molecule has 5 heteroatoms. The maximum absolute atomic E-state index is 10.6. The Morgan fingerprint density at radius 3 is 2.65 bits per heavy atom. The SMILES string of the molecule is COc1cc(C(C)NCC(C)(O)c2ccc(C)o2)ccc1SC. The minimum absolute atomic E-state index is 0.0855. The van der Waals surface area contributed by atoms with E-state index < -0.39 is 5.60 Å². The van der Waals surface area contributed by atoms with Crippen molar-refractivity contribution >= 4 is 11.8 Å². The monoisotopic (exact) mass is 335 g/mol. The summed E-state index contributed by atoms with van der Waals surface area (Å²) in [6.07, 6.45) is 2.03. The van der Waals surface area contributed by atoms with Gasteiger partial charge in [-0.05, 0) is 56.9 Å². The second-order valence-corrected chi connectivity index (χ2v) is 6.75. The maximum atomic E-state index is 10.6. The normalized spacial score (nSPS) is 15.2. The van der Waals surface area contributed by atoms with Crippen LogP contribution in [-0.2, 0) is 5.60 Å². The zero-order valence-electron chi connectivity index (χ0n) is 14.3. The Morgan fingerprint density at radius 1 is 1.35 bits per heavy atom. The number of methoxy groups -OCH3 is 1. The zero-order chi connectivity index (χ0) is 17.0. The minimum Gasteiger partial charge on any atom is -0.496 e. The van der Waals surface area contributed by atoms with E-state index in [0.717, 1.165) is 22.0 Å². The van der Waals surface area contributed by atoms with Crippen molar-refractivity contribution in [3.8, 4) is 5.75 Å². The van der Waals surface area contributed by atoms with Crippen LogP contribution in [0.25, 0.3) is 0 Å². The van der Waals surface area contributed by atoms with Gasteiger partial charge in [-0.15, -0.1) is 11.8 Å². The third kappa shape index (κ3) is 4.31. The van der Waals surface area contributed by atoms with Crippen LogP contribution in [0.1, 0.15) is 37.0 Å². The van der Waals surface area contributed by atoms with E-state index in [4.69, 9.17) is 9.15 Å². The molecule has 0 spiro atoms. The van der Waals surface area contributed by atoms with Crippen molar-refractivity contribution in [2.75, 3.05) is 19.9 Å². The van der Waals surface area contributed by atoms with Gasteiger partial charge in [-0.2, -0.15) is 0 Å². The molecule has 2 aromatic rings. The lowest BCUT2D eigenvalue weighted by Gasteiger charge is -2.24. The fraction of sp³-hybridized carbons (Fsp3) is 0.444. The number of aryl methyl sites for hydroxylation is 1. The highest BCUT2D eigenvalue weighted by molar-refractivity contribution is 7.98. The Bertz CT molecular complexity index is 651. The molecule has 23 heavy (non-hydrogen) atoms. The predicted octanol–water partition coefficient (Wildman–Crippen LogP) is 3.88. The lowest BCUT2D eigenvalue weighted by Crippen LogP contribution is -2.36. The van der Waals surface area contributed by atoms with Gasteiger partial charge in [0, 0.05) is 17.5 Å². The largest absolute Gasteiger partial charge is 0.496 e. The summed E-state index contributed by atoms with van der Waals surface area (Å²) in [6, 6.07) is 9.94. The average Bonchev–Trinajstić information content (AvgIpc) is 2.99. The van der Waals surface area contributed by atoms with Gasteiger partial charge in [0.15, 0.2) is 0 Å². The number of rotatable bonds is 7. The first-order chi connectivity index (χ1) is 10.9. The second kappa shape index (κ2) is 7.43. The van der Waals surface area contributed by atoms with E-state index in [2.05, 4.69) is 24.4 Å². The number of aliphatic hydroxyl groups is 1. The molecule has 0 aliphatic heterocycles. The quantitative estimate of drug-likeness (QED) is 0.752. The van der Waals surface area contributed by atoms with E-state index in [1.165, 1.54) is 0 Å². The fourth-order valence-corrected chi connectivity index (χ4v) is 2.95. The van der Waals surface area contributed by atoms with E-state index >= 15 is 0 Å². The Hall–Kier alpha value is -1.43. The van der Waals surface area contributed by atoms with Crippen molar-refractivity contribution in [1.82, 2.24) is 5.32 Å². The fourth-order valence-electron chi connectivity index (χ4n) is 2.40. The van der Waals surface area contributed by atoms with Gasteiger partial charge in [-0.25, -0.2) is 0 Å². The lowest BCUT2D eigenvalue weighted by molar-refractivity contribution is 0.0313. The molecule has 2 rings (SSSR count). The van der Waals surface area contributed by atoms with Crippen LogP contribution in [0.3, 0.4) is 0 Å². The van der Waals surface area contributed by atoms with Crippen LogP contribution in [0, 0.1) is 6.92 Å². The van der Waals surface area contributed by atoms with Gasteiger partial charge in [0.25, 0.3) is 0 Å². The smallest absolute Gasteiger partial charge is 0.136 e. The van der Waals surface area contributed by atoms with E-state index in [9.17, 15) is 5.11 Å². The maximum Gasteiger partial charge on any atom is 0.136 e. The van der Waals surface area contributed by atoms with Crippen LogP contribution in [0.5, 0.6) is 5.75 Å². The van der Waals surface area contributed by atoms with Crippen LogP contribution >= 0.6 is 11.8 Å². The van der Waals surface area contributed by atoms with Gasteiger partial charge in [-0.1, -0.05) is 6.07 Å². The molecular formula is C18H25NO3S. The topological polar surface area (TPSA) is 54.6 Å². The molecular weight excluding hydrogens is 310 g/mol. The van der Waals surface area contributed by atoms with Crippen LogP contribution < -0.4 is 10.1 Å². The first-order valence-electron chi connectivity index (χ1n) is 7.62.